The lowest BCUT2D eigenvalue weighted by atomic mass is 10.1. The molecule has 2 N–H and O–H groups in total. The lowest BCUT2D eigenvalue weighted by Gasteiger charge is -2.39. The van der Waals surface area contributed by atoms with Crippen LogP contribution in [0.25, 0.3) is 10.2 Å². The van der Waals surface area contributed by atoms with Crippen molar-refractivity contribution in [2.24, 2.45) is 0 Å². The number of piperazine rings is 1. The van der Waals surface area contributed by atoms with Gasteiger partial charge in [0.25, 0.3) is 5.91 Å². The molecule has 2 heterocycles. The maximum absolute atomic E-state index is 12.7. The lowest BCUT2D eigenvalue weighted by Crippen LogP contribution is -2.53. The number of aromatic nitrogens is 1. The van der Waals surface area contributed by atoms with E-state index in [0.29, 0.717) is 11.2 Å². The van der Waals surface area contributed by atoms with Gasteiger partial charge in [0.2, 0.25) is 0 Å². The average Bonchev–Trinajstić information content (AvgIpc) is 2.85. The smallest absolute Gasteiger partial charge is 0.254 e. The standard InChI is InChI=1S/C15H20N4OS/c1-3-18-6-7-19(9-10(18)2)14(20)11-4-5-12-13(8-11)21-15(16)17-12/h4-5,8,10H,3,6-7,9H2,1-2H3,(H2,16,17). The highest BCUT2D eigenvalue weighted by atomic mass is 32.1. The molecule has 1 fully saturated rings. The van der Waals surface area contributed by atoms with E-state index >= 15 is 0 Å². The van der Waals surface area contributed by atoms with E-state index < -0.39 is 0 Å². The molecule has 0 saturated carbocycles. The Morgan fingerprint density at radius 1 is 1.48 bits per heavy atom. The molecule has 0 spiro atoms. The maximum atomic E-state index is 12.7. The summed E-state index contributed by atoms with van der Waals surface area (Å²) in [5.74, 6) is 0.103. The minimum absolute atomic E-state index is 0.103. The number of amides is 1. The Morgan fingerprint density at radius 2 is 2.29 bits per heavy atom. The molecule has 1 amide bonds. The Balaban J connectivity index is 1.80. The first-order valence-electron chi connectivity index (χ1n) is 7.28. The van der Waals surface area contributed by atoms with Crippen LogP contribution < -0.4 is 5.73 Å². The van der Waals surface area contributed by atoms with Gasteiger partial charge in [-0.15, -0.1) is 0 Å². The van der Waals surface area contributed by atoms with Gasteiger partial charge in [0.15, 0.2) is 5.13 Å². The number of rotatable bonds is 2. The zero-order valence-corrected chi connectivity index (χ0v) is 13.2. The van der Waals surface area contributed by atoms with Crippen molar-refractivity contribution in [2.45, 2.75) is 19.9 Å². The second-order valence-electron chi connectivity index (χ2n) is 5.46. The van der Waals surface area contributed by atoms with E-state index in [-0.39, 0.29) is 5.91 Å². The molecule has 1 aliphatic rings. The number of benzene rings is 1. The molecular formula is C15H20N4OS. The van der Waals surface area contributed by atoms with E-state index in [0.717, 1.165) is 42.0 Å². The molecule has 0 bridgehead atoms. The van der Waals surface area contributed by atoms with Gasteiger partial charge in [0.05, 0.1) is 10.2 Å². The predicted molar refractivity (Wildman–Crippen MR) is 86.6 cm³/mol. The SMILES string of the molecule is CCN1CCN(C(=O)c2ccc3nc(N)sc3c2)CC1C. The van der Waals surface area contributed by atoms with Crippen LogP contribution in [0.3, 0.4) is 0 Å². The molecule has 6 heteroatoms. The summed E-state index contributed by atoms with van der Waals surface area (Å²) in [7, 11) is 0. The second-order valence-corrected chi connectivity index (χ2v) is 6.53. The lowest BCUT2D eigenvalue weighted by molar-refractivity contribution is 0.0528. The van der Waals surface area contributed by atoms with Gasteiger partial charge < -0.3 is 10.6 Å². The molecule has 21 heavy (non-hydrogen) atoms. The van der Waals surface area contributed by atoms with E-state index in [1.54, 1.807) is 0 Å². The van der Waals surface area contributed by atoms with Crippen molar-refractivity contribution in [1.29, 1.82) is 0 Å². The van der Waals surface area contributed by atoms with Gasteiger partial charge in [0.1, 0.15) is 0 Å². The van der Waals surface area contributed by atoms with Gasteiger partial charge in [-0.2, -0.15) is 0 Å². The molecule has 1 atom stereocenters. The molecule has 112 valence electrons. The van der Waals surface area contributed by atoms with Gasteiger partial charge in [0, 0.05) is 31.2 Å². The summed E-state index contributed by atoms with van der Waals surface area (Å²) in [5, 5.41) is 0.541. The third-order valence-electron chi connectivity index (χ3n) is 4.11. The Bertz CT molecular complexity index is 669. The van der Waals surface area contributed by atoms with Crippen LogP contribution in [0, 0.1) is 0 Å². The van der Waals surface area contributed by atoms with Gasteiger partial charge in [-0.05, 0) is 31.7 Å². The van der Waals surface area contributed by atoms with Crippen LogP contribution >= 0.6 is 11.3 Å². The number of hydrogen-bond acceptors (Lipinski definition) is 5. The largest absolute Gasteiger partial charge is 0.375 e. The number of anilines is 1. The predicted octanol–water partition coefficient (Wildman–Crippen LogP) is 2.04. The third kappa shape index (κ3) is 2.73. The van der Waals surface area contributed by atoms with Crippen LogP contribution in [0.4, 0.5) is 5.13 Å². The fourth-order valence-corrected chi connectivity index (χ4v) is 3.68. The monoisotopic (exact) mass is 304 g/mol. The highest BCUT2D eigenvalue weighted by Crippen LogP contribution is 2.25. The molecule has 3 rings (SSSR count). The number of nitrogens with zero attached hydrogens (tertiary/aromatic N) is 3. The number of likely N-dealkylation sites (N-methyl/N-ethyl adjacent to an activating group) is 1. The Morgan fingerprint density at radius 3 is 3.00 bits per heavy atom. The molecule has 1 aromatic carbocycles. The molecule has 1 aromatic heterocycles. The number of carbonyl (C=O) groups excluding carboxylic acids is 1. The van der Waals surface area contributed by atoms with Crippen LogP contribution in [0.15, 0.2) is 18.2 Å². The van der Waals surface area contributed by atoms with Gasteiger partial charge in [-0.25, -0.2) is 4.98 Å². The van der Waals surface area contributed by atoms with Crippen molar-refractivity contribution in [1.82, 2.24) is 14.8 Å². The van der Waals surface area contributed by atoms with Crippen molar-refractivity contribution >= 4 is 32.6 Å². The number of carbonyl (C=O) groups is 1. The first kappa shape index (κ1) is 14.3. The van der Waals surface area contributed by atoms with Crippen molar-refractivity contribution < 1.29 is 4.79 Å². The summed E-state index contributed by atoms with van der Waals surface area (Å²) in [4.78, 5) is 21.2. The van der Waals surface area contributed by atoms with Crippen LogP contribution in [0.5, 0.6) is 0 Å². The average molecular weight is 304 g/mol. The summed E-state index contributed by atoms with van der Waals surface area (Å²) in [5.41, 5.74) is 7.30. The van der Waals surface area contributed by atoms with Crippen molar-refractivity contribution in [2.75, 3.05) is 31.9 Å². The molecule has 0 aliphatic carbocycles. The van der Waals surface area contributed by atoms with E-state index in [4.69, 9.17) is 5.73 Å². The minimum atomic E-state index is 0.103. The van der Waals surface area contributed by atoms with Gasteiger partial charge >= 0.3 is 0 Å². The van der Waals surface area contributed by atoms with Gasteiger partial charge in [-0.1, -0.05) is 18.3 Å². The number of thiazole rings is 1. The first-order chi connectivity index (χ1) is 10.1. The topological polar surface area (TPSA) is 62.5 Å². The second kappa shape index (κ2) is 5.61. The summed E-state index contributed by atoms with van der Waals surface area (Å²) in [6.07, 6.45) is 0. The molecule has 1 saturated heterocycles. The van der Waals surface area contributed by atoms with E-state index in [1.165, 1.54) is 11.3 Å². The maximum Gasteiger partial charge on any atom is 0.254 e. The zero-order valence-electron chi connectivity index (χ0n) is 12.4. The highest BCUT2D eigenvalue weighted by Gasteiger charge is 2.26. The number of hydrogen-bond donors (Lipinski definition) is 1. The quantitative estimate of drug-likeness (QED) is 0.922. The molecule has 1 unspecified atom stereocenters. The minimum Gasteiger partial charge on any atom is -0.375 e. The van der Waals surface area contributed by atoms with Crippen LogP contribution in [-0.4, -0.2) is 52.9 Å². The Hall–Kier alpha value is -1.66. The number of nitrogens with two attached hydrogens (primary N) is 1. The number of nitrogen functional groups attached to an aromatic ring is 1. The first-order valence-corrected chi connectivity index (χ1v) is 8.09. The fraction of sp³-hybridized carbons (Fsp3) is 0.467. The summed E-state index contributed by atoms with van der Waals surface area (Å²) in [6, 6.07) is 6.04. The fourth-order valence-electron chi connectivity index (χ4n) is 2.91. The summed E-state index contributed by atoms with van der Waals surface area (Å²) < 4.78 is 0.971. The zero-order chi connectivity index (χ0) is 15.0. The molecule has 5 nitrogen and oxygen atoms in total. The van der Waals surface area contributed by atoms with E-state index in [1.807, 2.05) is 23.1 Å². The molecule has 0 radical (unpaired) electrons. The summed E-state index contributed by atoms with van der Waals surface area (Å²) >= 11 is 1.42. The van der Waals surface area contributed by atoms with E-state index in [9.17, 15) is 4.79 Å². The van der Waals surface area contributed by atoms with Crippen molar-refractivity contribution in [3.8, 4) is 0 Å². The Labute approximate surface area is 128 Å². The molecule has 1 aliphatic heterocycles. The molecular weight excluding hydrogens is 284 g/mol. The third-order valence-corrected chi connectivity index (χ3v) is 4.96. The van der Waals surface area contributed by atoms with Gasteiger partial charge in [-0.3, -0.25) is 9.69 Å². The van der Waals surface area contributed by atoms with Crippen LogP contribution in [0.2, 0.25) is 0 Å². The van der Waals surface area contributed by atoms with Crippen LogP contribution in [-0.2, 0) is 0 Å². The number of fused-ring (bicyclic) bond motifs is 1. The molecule has 2 aromatic rings. The summed E-state index contributed by atoms with van der Waals surface area (Å²) in [6.45, 7) is 7.90. The van der Waals surface area contributed by atoms with E-state index in [2.05, 4.69) is 23.7 Å². The van der Waals surface area contributed by atoms with Crippen molar-refractivity contribution in [3.63, 3.8) is 0 Å². The Kier molecular flexibility index (Phi) is 3.82. The highest BCUT2D eigenvalue weighted by molar-refractivity contribution is 7.22. The van der Waals surface area contributed by atoms with Crippen molar-refractivity contribution in [3.05, 3.63) is 23.8 Å². The van der Waals surface area contributed by atoms with Crippen LogP contribution in [0.1, 0.15) is 24.2 Å². The normalized spacial score (nSPS) is 20.1.